The molecule has 0 spiro atoms. The second-order valence-corrected chi connectivity index (χ2v) is 18.7. The number of thioether (sulfide) groups is 1. The van der Waals surface area contributed by atoms with Crippen molar-refractivity contribution in [3.8, 4) is 0 Å². The van der Waals surface area contributed by atoms with Crippen molar-refractivity contribution in [3.63, 3.8) is 0 Å². The molecule has 2 aromatic rings. The molecule has 330 valence electrons. The van der Waals surface area contributed by atoms with Gasteiger partial charge < -0.3 is 74.1 Å². The Kier molecular flexibility index (Phi) is 18.4. The number of rotatable bonds is 24. The molecule has 3 rings (SSSR count). The van der Waals surface area contributed by atoms with E-state index in [9.17, 15) is 63.0 Å². The van der Waals surface area contributed by atoms with E-state index in [-0.39, 0.29) is 47.4 Å². The summed E-state index contributed by atoms with van der Waals surface area (Å²) in [7, 11) is -17.6. The van der Waals surface area contributed by atoms with Crippen molar-refractivity contribution in [1.29, 1.82) is 0 Å². The second kappa shape index (κ2) is 21.4. The van der Waals surface area contributed by atoms with Crippen LogP contribution < -0.4 is 35.9 Å². The monoisotopic (exact) mass is 905 g/mol. The molecule has 9 atom stereocenters. The van der Waals surface area contributed by atoms with Crippen LogP contribution >= 0.6 is 35.2 Å². The summed E-state index contributed by atoms with van der Waals surface area (Å²) in [6, 6.07) is 0. The number of phosphoric ester groups is 3. The van der Waals surface area contributed by atoms with Crippen molar-refractivity contribution in [3.05, 3.63) is 12.7 Å². The molecule has 0 aromatic carbocycles. The van der Waals surface area contributed by atoms with E-state index in [4.69, 9.17) is 10.5 Å². The number of nitrogen functional groups attached to an aromatic ring is 1. The number of nitrogens with one attached hydrogen (secondary N) is 2. The Morgan fingerprint density at radius 1 is 1.05 bits per heavy atom. The van der Waals surface area contributed by atoms with Crippen LogP contribution in [0.5, 0.6) is 0 Å². The number of carbonyl (C=O) groups excluding carboxylic acids is 3. The standard InChI is InChI=1S/C29H50N7O18P3S/c1-5-7-17(37)16(6-2)28(42)58-11-10-31-19(38)8-9-32-26(41)23(40)29(3,4)13-51-57(48,49)54-56(46,47)50-12-18-22(53-55(43,44)45)21(39)27(52-18)36-15-35-20-24(30)33-14-34-25(20)36/h14-18,21-23,27,37,39-40H,5-13H2,1-4H3,(H,31,38)(H,32,41)(H,46,47)(H,48,49)(H2,30,33,34)(H2,43,44,45)/p-4/t16?,17?,18-,21-,22-,23+,27-/m1/s1. The zero-order valence-corrected chi connectivity index (χ0v) is 35.1. The summed E-state index contributed by atoms with van der Waals surface area (Å²) in [5, 5.41) is 36.2. The van der Waals surface area contributed by atoms with Gasteiger partial charge in [-0.15, -0.1) is 0 Å². The van der Waals surface area contributed by atoms with Gasteiger partial charge in [-0.3, -0.25) is 28.1 Å². The van der Waals surface area contributed by atoms with Gasteiger partial charge in [0.1, 0.15) is 36.3 Å². The molecule has 2 aromatic heterocycles. The van der Waals surface area contributed by atoms with Gasteiger partial charge in [-0.2, -0.15) is 0 Å². The number of carbonyl (C=O) groups is 3. The Morgan fingerprint density at radius 3 is 2.36 bits per heavy atom. The predicted molar refractivity (Wildman–Crippen MR) is 193 cm³/mol. The Hall–Kier alpha value is -2.48. The van der Waals surface area contributed by atoms with Crippen LogP contribution in [0.15, 0.2) is 12.7 Å². The Morgan fingerprint density at radius 2 is 1.72 bits per heavy atom. The number of aliphatic hydroxyl groups excluding tert-OH is 3. The van der Waals surface area contributed by atoms with Gasteiger partial charge in [-0.25, -0.2) is 19.3 Å². The topological polar surface area (TPSA) is 395 Å². The molecule has 0 radical (unpaired) electrons. The lowest BCUT2D eigenvalue weighted by Gasteiger charge is -2.36. The Labute approximate surface area is 336 Å². The first-order valence-electron chi connectivity index (χ1n) is 17.6. The van der Waals surface area contributed by atoms with Crippen LogP contribution in [0.25, 0.3) is 11.2 Å². The molecule has 1 saturated heterocycles. The minimum Gasteiger partial charge on any atom is -0.790 e. The maximum atomic E-state index is 12.6. The lowest BCUT2D eigenvalue weighted by Crippen LogP contribution is -2.46. The molecule has 1 aliphatic heterocycles. The Balaban J connectivity index is 1.47. The Bertz CT molecular complexity index is 1870. The van der Waals surface area contributed by atoms with Gasteiger partial charge in [0.05, 0.1) is 39.4 Å². The van der Waals surface area contributed by atoms with Crippen LogP contribution in [0.2, 0.25) is 0 Å². The summed E-state index contributed by atoms with van der Waals surface area (Å²) in [4.78, 5) is 96.6. The molecule has 1 aliphatic rings. The van der Waals surface area contributed by atoms with Crippen LogP contribution in [0.1, 0.15) is 59.6 Å². The number of fused-ring (bicyclic) bond motifs is 1. The number of ether oxygens (including phenoxy) is 1. The zero-order valence-electron chi connectivity index (χ0n) is 31.6. The number of hydrogen-bond donors (Lipinski definition) is 6. The molecule has 0 bridgehead atoms. The number of nitrogens with zero attached hydrogens (tertiary/aromatic N) is 4. The first kappa shape index (κ1) is 49.9. The maximum Gasteiger partial charge on any atom is 0.274 e. The summed E-state index contributed by atoms with van der Waals surface area (Å²) in [5.74, 6) is -1.86. The average molecular weight is 906 g/mol. The van der Waals surface area contributed by atoms with Gasteiger partial charge in [-0.1, -0.05) is 45.9 Å². The molecule has 3 heterocycles. The summed E-state index contributed by atoms with van der Waals surface area (Å²) >= 11 is 0.985. The lowest BCUT2D eigenvalue weighted by molar-refractivity contribution is -0.347. The highest BCUT2D eigenvalue weighted by molar-refractivity contribution is 8.13. The fourth-order valence-electron chi connectivity index (χ4n) is 5.46. The lowest BCUT2D eigenvalue weighted by atomic mass is 9.87. The van der Waals surface area contributed by atoms with Gasteiger partial charge >= 0.3 is 0 Å². The van der Waals surface area contributed by atoms with Crippen molar-refractivity contribution in [1.82, 2.24) is 30.2 Å². The number of aromatic nitrogens is 4. The number of nitrogens with two attached hydrogens (primary N) is 1. The summed E-state index contributed by atoms with van der Waals surface area (Å²) < 4.78 is 60.5. The largest absolute Gasteiger partial charge is 0.790 e. The van der Waals surface area contributed by atoms with Gasteiger partial charge in [0, 0.05) is 30.7 Å². The fraction of sp³-hybridized carbons (Fsp3) is 0.724. The molecular weight excluding hydrogens is 859 g/mol. The van der Waals surface area contributed by atoms with Crippen molar-refractivity contribution < 1.29 is 85.6 Å². The molecule has 4 unspecified atom stereocenters. The minimum absolute atomic E-state index is 0.0254. The van der Waals surface area contributed by atoms with Crippen molar-refractivity contribution in [2.75, 3.05) is 37.8 Å². The smallest absolute Gasteiger partial charge is 0.274 e. The molecule has 0 saturated carbocycles. The highest BCUT2D eigenvalue weighted by Gasteiger charge is 2.47. The number of phosphoric acid groups is 3. The number of aliphatic hydroxyl groups is 3. The van der Waals surface area contributed by atoms with Gasteiger partial charge in [-0.05, 0) is 12.8 Å². The summed E-state index contributed by atoms with van der Waals surface area (Å²) in [5.41, 5.74) is 4.04. The third-order valence-corrected chi connectivity index (χ3v) is 12.5. The van der Waals surface area contributed by atoms with Crippen molar-refractivity contribution in [2.45, 2.75) is 90.1 Å². The van der Waals surface area contributed by atoms with Crippen LogP contribution in [0.4, 0.5) is 5.82 Å². The van der Waals surface area contributed by atoms with Crippen molar-refractivity contribution >= 4 is 69.1 Å². The number of amides is 2. The minimum atomic E-state index is -5.92. The van der Waals surface area contributed by atoms with E-state index in [2.05, 4.69) is 43.5 Å². The van der Waals surface area contributed by atoms with E-state index in [0.717, 1.165) is 35.4 Å². The summed E-state index contributed by atoms with van der Waals surface area (Å²) in [6.07, 6.45) is -6.71. The molecule has 29 heteroatoms. The van der Waals surface area contributed by atoms with E-state index in [1.54, 1.807) is 6.92 Å². The first-order valence-corrected chi connectivity index (χ1v) is 22.9. The van der Waals surface area contributed by atoms with E-state index in [0.29, 0.717) is 12.8 Å². The van der Waals surface area contributed by atoms with E-state index >= 15 is 0 Å². The average Bonchev–Trinajstić information content (AvgIpc) is 3.68. The third-order valence-electron chi connectivity index (χ3n) is 8.51. The molecule has 58 heavy (non-hydrogen) atoms. The second-order valence-electron chi connectivity index (χ2n) is 13.5. The van der Waals surface area contributed by atoms with E-state index in [1.807, 2.05) is 6.92 Å². The number of hydrogen-bond acceptors (Lipinski definition) is 23. The number of anilines is 1. The molecular formula is C29H46N7O18P3S-4. The predicted octanol–water partition coefficient (Wildman–Crippen LogP) is -2.68. The quantitative estimate of drug-likeness (QED) is 0.0462. The fourth-order valence-corrected chi connectivity index (χ4v) is 9.14. The molecule has 1 fully saturated rings. The first-order chi connectivity index (χ1) is 26.9. The molecule has 0 aliphatic carbocycles. The molecule has 7 N–H and O–H groups in total. The highest BCUT2D eigenvalue weighted by Crippen LogP contribution is 2.56. The molecule has 25 nitrogen and oxygen atoms in total. The zero-order chi connectivity index (χ0) is 43.6. The van der Waals surface area contributed by atoms with E-state index in [1.165, 1.54) is 13.8 Å². The number of imidazole rings is 1. The molecule has 2 amide bonds. The van der Waals surface area contributed by atoms with Crippen molar-refractivity contribution in [2.24, 2.45) is 11.3 Å². The normalized spacial score (nSPS) is 22.5. The summed E-state index contributed by atoms with van der Waals surface area (Å²) in [6.45, 7) is 3.67. The van der Waals surface area contributed by atoms with E-state index < -0.39 is 96.6 Å². The van der Waals surface area contributed by atoms with Crippen LogP contribution in [-0.4, -0.2) is 114 Å². The van der Waals surface area contributed by atoms with Gasteiger partial charge in [0.15, 0.2) is 22.8 Å². The van der Waals surface area contributed by atoms with Crippen LogP contribution in [0, 0.1) is 11.3 Å². The highest BCUT2D eigenvalue weighted by atomic mass is 32.2. The van der Waals surface area contributed by atoms with Gasteiger partial charge in [0.2, 0.25) is 11.8 Å². The third kappa shape index (κ3) is 14.6. The van der Waals surface area contributed by atoms with Gasteiger partial charge in [0.25, 0.3) is 15.6 Å². The SMILES string of the molecule is CCCC(O)C(CC)C(=O)SCCNC(=O)CCNC(=O)[C@H](O)C(C)(C)COP(=O)([O-])OP(=O)([O-])OC[C@H]1O[C@@H](n2cnc3c(N)ncnc32)[C@H](O)[C@@H]1OP(=O)([O-])[O-]. The van der Waals surface area contributed by atoms with Crippen LogP contribution in [-0.2, 0) is 50.7 Å². The van der Waals surface area contributed by atoms with Crippen LogP contribution in [0.3, 0.4) is 0 Å². The maximum absolute atomic E-state index is 12.6.